The summed E-state index contributed by atoms with van der Waals surface area (Å²) < 4.78 is 11.0. The van der Waals surface area contributed by atoms with Crippen LogP contribution >= 0.6 is 0 Å². The molecule has 2 amide bonds. The van der Waals surface area contributed by atoms with Gasteiger partial charge in [-0.15, -0.1) is 0 Å². The van der Waals surface area contributed by atoms with Crippen molar-refractivity contribution in [2.24, 2.45) is 11.7 Å². The van der Waals surface area contributed by atoms with Crippen molar-refractivity contribution in [3.8, 4) is 11.5 Å². The number of piperidine rings is 1. The maximum absolute atomic E-state index is 12.6. The molecule has 1 aromatic carbocycles. The van der Waals surface area contributed by atoms with Crippen molar-refractivity contribution >= 4 is 11.8 Å². The molecule has 0 unspecified atom stereocenters. The molecule has 2 rings (SSSR count). The predicted molar refractivity (Wildman–Crippen MR) is 86.6 cm³/mol. The first-order valence-corrected chi connectivity index (χ1v) is 7.85. The van der Waals surface area contributed by atoms with Gasteiger partial charge in [0.15, 0.2) is 11.5 Å². The number of methoxy groups -OCH3 is 1. The van der Waals surface area contributed by atoms with Gasteiger partial charge in [-0.05, 0) is 44.9 Å². The molecule has 23 heavy (non-hydrogen) atoms. The fourth-order valence-electron chi connectivity index (χ4n) is 2.70. The molecule has 0 spiro atoms. The number of nitrogens with two attached hydrogens (primary N) is 1. The number of hydrogen-bond donors (Lipinski definition) is 1. The minimum Gasteiger partial charge on any atom is -0.493 e. The SMILES string of the molecule is COc1cc(C(=O)N2CCC(C(N)=O)CC2)ccc1OC(C)C. The molecule has 1 saturated heterocycles. The first kappa shape index (κ1) is 17.1. The Labute approximate surface area is 136 Å². The van der Waals surface area contributed by atoms with Crippen LogP contribution in [0.15, 0.2) is 18.2 Å². The van der Waals surface area contributed by atoms with Crippen LogP contribution in [0.1, 0.15) is 37.0 Å². The monoisotopic (exact) mass is 320 g/mol. The van der Waals surface area contributed by atoms with Gasteiger partial charge in [0.25, 0.3) is 5.91 Å². The first-order chi connectivity index (χ1) is 10.9. The third kappa shape index (κ3) is 4.15. The molecule has 126 valence electrons. The lowest BCUT2D eigenvalue weighted by atomic mass is 9.96. The molecule has 0 aromatic heterocycles. The summed E-state index contributed by atoms with van der Waals surface area (Å²) in [4.78, 5) is 25.5. The smallest absolute Gasteiger partial charge is 0.253 e. The molecular formula is C17H24N2O4. The number of benzene rings is 1. The van der Waals surface area contributed by atoms with E-state index >= 15 is 0 Å². The molecule has 1 heterocycles. The maximum atomic E-state index is 12.6. The molecular weight excluding hydrogens is 296 g/mol. The average molecular weight is 320 g/mol. The van der Waals surface area contributed by atoms with Crippen LogP contribution in [-0.4, -0.2) is 43.0 Å². The molecule has 1 aromatic rings. The van der Waals surface area contributed by atoms with Gasteiger partial charge in [-0.25, -0.2) is 0 Å². The van der Waals surface area contributed by atoms with Gasteiger partial charge in [0.2, 0.25) is 5.91 Å². The molecule has 1 aliphatic rings. The van der Waals surface area contributed by atoms with E-state index in [1.165, 1.54) is 0 Å². The molecule has 0 bridgehead atoms. The number of hydrogen-bond acceptors (Lipinski definition) is 4. The lowest BCUT2D eigenvalue weighted by Gasteiger charge is -2.30. The topological polar surface area (TPSA) is 81.9 Å². The third-order valence-electron chi connectivity index (χ3n) is 3.96. The zero-order valence-electron chi connectivity index (χ0n) is 13.9. The minimum atomic E-state index is -0.283. The number of nitrogens with zero attached hydrogens (tertiary/aromatic N) is 1. The molecule has 6 heteroatoms. The van der Waals surface area contributed by atoms with Gasteiger partial charge in [0, 0.05) is 24.6 Å². The van der Waals surface area contributed by atoms with Crippen LogP contribution in [0.5, 0.6) is 11.5 Å². The molecule has 1 fully saturated rings. The van der Waals surface area contributed by atoms with Crippen molar-refractivity contribution < 1.29 is 19.1 Å². The van der Waals surface area contributed by atoms with Crippen molar-refractivity contribution in [1.29, 1.82) is 0 Å². The van der Waals surface area contributed by atoms with Gasteiger partial charge >= 0.3 is 0 Å². The third-order valence-corrected chi connectivity index (χ3v) is 3.96. The summed E-state index contributed by atoms with van der Waals surface area (Å²) >= 11 is 0. The van der Waals surface area contributed by atoms with E-state index in [4.69, 9.17) is 15.2 Å². The van der Waals surface area contributed by atoms with E-state index in [9.17, 15) is 9.59 Å². The van der Waals surface area contributed by atoms with Gasteiger partial charge in [0.05, 0.1) is 13.2 Å². The molecule has 0 radical (unpaired) electrons. The Balaban J connectivity index is 2.09. The average Bonchev–Trinajstić information content (AvgIpc) is 2.54. The molecule has 2 N–H and O–H groups in total. The summed E-state index contributed by atoms with van der Waals surface area (Å²) in [5.41, 5.74) is 5.87. The maximum Gasteiger partial charge on any atom is 0.253 e. The van der Waals surface area contributed by atoms with E-state index in [0.29, 0.717) is 43.0 Å². The molecule has 0 aliphatic carbocycles. The zero-order valence-corrected chi connectivity index (χ0v) is 13.9. The fourth-order valence-corrected chi connectivity index (χ4v) is 2.70. The Morgan fingerprint density at radius 3 is 2.39 bits per heavy atom. The number of primary amides is 1. The number of likely N-dealkylation sites (tertiary alicyclic amines) is 1. The first-order valence-electron chi connectivity index (χ1n) is 7.85. The van der Waals surface area contributed by atoms with E-state index in [2.05, 4.69) is 0 Å². The highest BCUT2D eigenvalue weighted by atomic mass is 16.5. The van der Waals surface area contributed by atoms with E-state index in [-0.39, 0.29) is 23.8 Å². The standard InChI is InChI=1S/C17H24N2O4/c1-11(2)23-14-5-4-13(10-15(14)22-3)17(21)19-8-6-12(7-9-19)16(18)20/h4-5,10-12H,6-9H2,1-3H3,(H2,18,20). The summed E-state index contributed by atoms with van der Waals surface area (Å²) in [6, 6.07) is 5.19. The van der Waals surface area contributed by atoms with Crippen molar-refractivity contribution in [2.75, 3.05) is 20.2 Å². The van der Waals surface area contributed by atoms with Gasteiger partial charge in [0.1, 0.15) is 0 Å². The molecule has 0 saturated carbocycles. The number of ether oxygens (including phenoxy) is 2. The largest absolute Gasteiger partial charge is 0.493 e. The van der Waals surface area contributed by atoms with E-state index in [1.807, 2.05) is 13.8 Å². The summed E-state index contributed by atoms with van der Waals surface area (Å²) in [5, 5.41) is 0. The van der Waals surface area contributed by atoms with Gasteiger partial charge < -0.3 is 20.1 Å². The minimum absolute atomic E-state index is 0.0262. The Morgan fingerprint density at radius 1 is 1.22 bits per heavy atom. The Hall–Kier alpha value is -2.24. The van der Waals surface area contributed by atoms with Crippen LogP contribution < -0.4 is 15.2 Å². The molecule has 6 nitrogen and oxygen atoms in total. The zero-order chi connectivity index (χ0) is 17.0. The lowest BCUT2D eigenvalue weighted by Crippen LogP contribution is -2.41. The van der Waals surface area contributed by atoms with E-state index < -0.39 is 0 Å². The Bertz CT molecular complexity index is 578. The second-order valence-electron chi connectivity index (χ2n) is 6.00. The van der Waals surface area contributed by atoms with E-state index in [0.717, 1.165) is 0 Å². The summed E-state index contributed by atoms with van der Waals surface area (Å²) in [6.45, 7) is 4.95. The molecule has 0 atom stereocenters. The van der Waals surface area contributed by atoms with Crippen LogP contribution in [0, 0.1) is 5.92 Å². The Kier molecular flexibility index (Phi) is 5.47. The van der Waals surface area contributed by atoms with Crippen LogP contribution in [0.3, 0.4) is 0 Å². The summed E-state index contributed by atoms with van der Waals surface area (Å²) in [7, 11) is 1.55. The van der Waals surface area contributed by atoms with Crippen LogP contribution in [0.4, 0.5) is 0 Å². The van der Waals surface area contributed by atoms with Crippen molar-refractivity contribution in [3.63, 3.8) is 0 Å². The quantitative estimate of drug-likeness (QED) is 0.897. The van der Waals surface area contributed by atoms with Gasteiger partial charge in [-0.1, -0.05) is 0 Å². The second-order valence-corrected chi connectivity index (χ2v) is 6.00. The van der Waals surface area contributed by atoms with Crippen molar-refractivity contribution in [2.45, 2.75) is 32.8 Å². The van der Waals surface area contributed by atoms with Crippen molar-refractivity contribution in [1.82, 2.24) is 4.90 Å². The van der Waals surface area contributed by atoms with Gasteiger partial charge in [-0.3, -0.25) is 9.59 Å². The van der Waals surface area contributed by atoms with E-state index in [1.54, 1.807) is 30.2 Å². The summed E-state index contributed by atoms with van der Waals surface area (Å²) in [5.74, 6) is 0.676. The summed E-state index contributed by atoms with van der Waals surface area (Å²) in [6.07, 6.45) is 1.26. The van der Waals surface area contributed by atoms with Crippen LogP contribution in [-0.2, 0) is 4.79 Å². The number of amides is 2. The second kappa shape index (κ2) is 7.35. The van der Waals surface area contributed by atoms with Crippen LogP contribution in [0.25, 0.3) is 0 Å². The predicted octanol–water partition coefficient (Wildman–Crippen LogP) is 1.82. The Morgan fingerprint density at radius 2 is 1.87 bits per heavy atom. The number of rotatable bonds is 5. The van der Waals surface area contributed by atoms with Gasteiger partial charge in [-0.2, -0.15) is 0 Å². The fraction of sp³-hybridized carbons (Fsp3) is 0.529. The highest BCUT2D eigenvalue weighted by Gasteiger charge is 2.26. The number of carbonyl (C=O) groups is 2. The number of carbonyl (C=O) groups excluding carboxylic acids is 2. The lowest BCUT2D eigenvalue weighted by molar-refractivity contribution is -0.123. The van der Waals surface area contributed by atoms with Crippen molar-refractivity contribution in [3.05, 3.63) is 23.8 Å². The van der Waals surface area contributed by atoms with Crippen LogP contribution in [0.2, 0.25) is 0 Å². The normalized spacial score (nSPS) is 15.6. The molecule has 1 aliphatic heterocycles. The highest BCUT2D eigenvalue weighted by molar-refractivity contribution is 5.95. The highest BCUT2D eigenvalue weighted by Crippen LogP contribution is 2.30.